The molecule has 0 saturated heterocycles. The fourth-order valence-corrected chi connectivity index (χ4v) is 4.55. The van der Waals surface area contributed by atoms with Gasteiger partial charge in [-0.2, -0.15) is 0 Å². The lowest BCUT2D eigenvalue weighted by Crippen LogP contribution is -2.37. The zero-order valence-corrected chi connectivity index (χ0v) is 17.8. The number of aromatic nitrogens is 1. The fraction of sp³-hybridized carbons (Fsp3) is 0.318. The summed E-state index contributed by atoms with van der Waals surface area (Å²) in [6.07, 6.45) is 0.763. The molecule has 0 saturated carbocycles. The Bertz CT molecular complexity index is 970. The first-order valence-electron chi connectivity index (χ1n) is 9.33. The molecule has 0 bridgehead atoms. The topological polar surface area (TPSA) is 54.1 Å². The monoisotopic (exact) mass is 380 g/mol. The number of rotatable bonds is 6. The van der Waals surface area contributed by atoms with Crippen LogP contribution in [0.1, 0.15) is 12.5 Å². The highest BCUT2D eigenvalue weighted by atomic mass is 28.3. The lowest BCUT2D eigenvalue weighted by molar-refractivity contribution is -0.118. The van der Waals surface area contributed by atoms with E-state index >= 15 is 0 Å². The van der Waals surface area contributed by atoms with E-state index in [0.717, 1.165) is 28.8 Å². The lowest BCUT2D eigenvalue weighted by atomic mass is 10.0. The first-order valence-corrected chi connectivity index (χ1v) is 12.8. The molecule has 0 spiro atoms. The highest BCUT2D eigenvalue weighted by Crippen LogP contribution is 2.32. The number of H-pyrrole nitrogens is 1. The number of aromatic amines is 1. The van der Waals surface area contributed by atoms with Gasteiger partial charge in [-0.05, 0) is 35.7 Å². The van der Waals surface area contributed by atoms with E-state index in [1.54, 1.807) is 14.0 Å². The van der Waals surface area contributed by atoms with Gasteiger partial charge in [0.25, 0.3) is 0 Å². The molecule has 0 unspecified atom stereocenters. The number of carbonyl (C=O) groups excluding carboxylic acids is 1. The zero-order valence-electron chi connectivity index (χ0n) is 16.8. The van der Waals surface area contributed by atoms with Crippen molar-refractivity contribution >= 4 is 30.1 Å². The third-order valence-corrected chi connectivity index (χ3v) is 6.92. The Kier molecular flexibility index (Phi) is 5.42. The predicted octanol–water partition coefficient (Wildman–Crippen LogP) is 4.07. The van der Waals surface area contributed by atoms with Gasteiger partial charge in [-0.3, -0.25) is 4.79 Å². The summed E-state index contributed by atoms with van der Waals surface area (Å²) >= 11 is 0. The second-order valence-electron chi connectivity index (χ2n) is 7.95. The van der Waals surface area contributed by atoms with E-state index in [1.165, 1.54) is 16.3 Å². The average molecular weight is 381 g/mol. The Morgan fingerprint density at radius 3 is 2.59 bits per heavy atom. The summed E-state index contributed by atoms with van der Waals surface area (Å²) < 4.78 is 5.42. The molecule has 27 heavy (non-hydrogen) atoms. The first-order chi connectivity index (χ1) is 12.8. The van der Waals surface area contributed by atoms with E-state index in [1.807, 2.05) is 6.07 Å². The number of amides is 1. The van der Waals surface area contributed by atoms with Crippen LogP contribution in [0.2, 0.25) is 19.6 Å². The van der Waals surface area contributed by atoms with Crippen molar-refractivity contribution in [2.75, 3.05) is 13.7 Å². The molecule has 4 nitrogen and oxygen atoms in total. The van der Waals surface area contributed by atoms with Crippen LogP contribution < -0.4 is 15.2 Å². The van der Waals surface area contributed by atoms with Gasteiger partial charge in [0.2, 0.25) is 5.91 Å². The first kappa shape index (κ1) is 19.2. The summed E-state index contributed by atoms with van der Waals surface area (Å²) in [4.78, 5) is 14.9. The van der Waals surface area contributed by atoms with Crippen molar-refractivity contribution in [3.63, 3.8) is 0 Å². The van der Waals surface area contributed by atoms with Crippen LogP contribution in [-0.2, 0) is 11.2 Å². The van der Waals surface area contributed by atoms with Crippen LogP contribution >= 0.6 is 0 Å². The molecule has 2 N–H and O–H groups in total. The average Bonchev–Trinajstić information content (AvgIpc) is 2.98. The maximum Gasteiger partial charge on any atom is 0.216 e. The summed E-state index contributed by atoms with van der Waals surface area (Å²) in [5.74, 6) is 0.833. The van der Waals surface area contributed by atoms with Crippen molar-refractivity contribution < 1.29 is 9.53 Å². The second kappa shape index (κ2) is 7.60. The number of carbonyl (C=O) groups is 1. The van der Waals surface area contributed by atoms with Gasteiger partial charge in [0.05, 0.1) is 15.2 Å². The van der Waals surface area contributed by atoms with Crippen LogP contribution in [0.3, 0.4) is 0 Å². The number of ether oxygens (including phenoxy) is 1. The van der Waals surface area contributed by atoms with Gasteiger partial charge in [0.1, 0.15) is 5.75 Å². The molecule has 3 rings (SSSR count). The standard InChI is InChI=1S/C22H28N2O2Si/c1-15(25)23-12-11-19-20-14-17(26-2)9-10-21(20)24-22(19)16-7-6-8-18(13-16)27(3,4)5/h6-10,13-14,24H,11-12H2,1-5H3,(H,23,25). The Morgan fingerprint density at radius 2 is 1.93 bits per heavy atom. The summed E-state index contributed by atoms with van der Waals surface area (Å²) in [7, 11) is 0.284. The molecule has 2 aromatic carbocycles. The maximum absolute atomic E-state index is 11.3. The number of benzene rings is 2. The zero-order chi connectivity index (χ0) is 19.6. The minimum Gasteiger partial charge on any atom is -0.497 e. The van der Waals surface area contributed by atoms with Gasteiger partial charge in [0.15, 0.2) is 0 Å². The predicted molar refractivity (Wildman–Crippen MR) is 116 cm³/mol. The normalized spacial score (nSPS) is 11.6. The van der Waals surface area contributed by atoms with Crippen LogP contribution in [-0.4, -0.2) is 32.6 Å². The van der Waals surface area contributed by atoms with Gasteiger partial charge >= 0.3 is 0 Å². The summed E-state index contributed by atoms with van der Waals surface area (Å²) in [5, 5.41) is 5.49. The number of fused-ring (bicyclic) bond motifs is 1. The number of hydrogen-bond donors (Lipinski definition) is 2. The molecule has 0 fully saturated rings. The fourth-order valence-electron chi connectivity index (χ4n) is 3.36. The quantitative estimate of drug-likeness (QED) is 0.634. The Morgan fingerprint density at radius 1 is 1.15 bits per heavy atom. The van der Waals surface area contributed by atoms with Crippen molar-refractivity contribution in [3.8, 4) is 17.0 Å². The van der Waals surface area contributed by atoms with E-state index in [2.05, 4.69) is 66.3 Å². The molecule has 0 aliphatic carbocycles. The van der Waals surface area contributed by atoms with Gasteiger partial charge in [0, 0.05) is 30.1 Å². The lowest BCUT2D eigenvalue weighted by Gasteiger charge is -2.17. The Labute approximate surface area is 162 Å². The number of hydrogen-bond acceptors (Lipinski definition) is 2. The molecule has 5 heteroatoms. The highest BCUT2D eigenvalue weighted by Gasteiger charge is 2.19. The van der Waals surface area contributed by atoms with E-state index in [9.17, 15) is 4.79 Å². The molecule has 0 aliphatic heterocycles. The third kappa shape index (κ3) is 4.25. The molecule has 1 heterocycles. The van der Waals surface area contributed by atoms with Crippen LogP contribution in [0, 0.1) is 0 Å². The van der Waals surface area contributed by atoms with Crippen molar-refractivity contribution in [2.24, 2.45) is 0 Å². The minimum absolute atomic E-state index is 0.00491. The molecule has 1 amide bonds. The van der Waals surface area contributed by atoms with Crippen LogP contribution in [0.4, 0.5) is 0 Å². The van der Waals surface area contributed by atoms with Crippen LogP contribution in [0.5, 0.6) is 5.75 Å². The molecule has 142 valence electrons. The van der Waals surface area contributed by atoms with E-state index in [-0.39, 0.29) is 5.91 Å². The number of methoxy groups -OCH3 is 1. The maximum atomic E-state index is 11.3. The van der Waals surface area contributed by atoms with Gasteiger partial charge in [-0.1, -0.05) is 49.1 Å². The summed E-state index contributed by atoms with van der Waals surface area (Å²) in [6.45, 7) is 9.25. The molecular weight excluding hydrogens is 352 g/mol. The van der Waals surface area contributed by atoms with Crippen LogP contribution in [0.25, 0.3) is 22.2 Å². The van der Waals surface area contributed by atoms with Crippen molar-refractivity contribution in [2.45, 2.75) is 33.0 Å². The van der Waals surface area contributed by atoms with E-state index in [0.29, 0.717) is 6.54 Å². The summed E-state index contributed by atoms with van der Waals surface area (Å²) in [5.41, 5.74) is 4.62. The van der Waals surface area contributed by atoms with Crippen LogP contribution in [0.15, 0.2) is 42.5 Å². The van der Waals surface area contributed by atoms with Gasteiger partial charge in [-0.25, -0.2) is 0 Å². The van der Waals surface area contributed by atoms with E-state index < -0.39 is 8.07 Å². The molecule has 0 radical (unpaired) electrons. The third-order valence-electron chi connectivity index (χ3n) is 4.88. The molecular formula is C22H28N2O2Si. The molecule has 3 aromatic rings. The number of nitrogens with one attached hydrogen (secondary N) is 2. The van der Waals surface area contributed by atoms with Crippen molar-refractivity contribution in [1.82, 2.24) is 10.3 Å². The minimum atomic E-state index is -1.40. The SMILES string of the molecule is COc1ccc2[nH]c(-c3cccc([Si](C)(C)C)c3)c(CCNC(C)=O)c2c1. The largest absolute Gasteiger partial charge is 0.497 e. The molecule has 0 aliphatic rings. The van der Waals surface area contributed by atoms with Gasteiger partial charge < -0.3 is 15.0 Å². The highest BCUT2D eigenvalue weighted by molar-refractivity contribution is 6.88. The smallest absolute Gasteiger partial charge is 0.216 e. The van der Waals surface area contributed by atoms with Crippen molar-refractivity contribution in [3.05, 3.63) is 48.0 Å². The van der Waals surface area contributed by atoms with Gasteiger partial charge in [-0.15, -0.1) is 0 Å². The van der Waals surface area contributed by atoms with E-state index in [4.69, 9.17) is 4.74 Å². The van der Waals surface area contributed by atoms with Crippen molar-refractivity contribution in [1.29, 1.82) is 0 Å². The second-order valence-corrected chi connectivity index (χ2v) is 13.0. The summed E-state index contributed by atoms with van der Waals surface area (Å²) in [6, 6.07) is 15.0. The Hall–Kier alpha value is -2.53. The molecule has 1 aromatic heterocycles. The molecule has 0 atom stereocenters. The Balaban J connectivity index is 2.12.